The van der Waals surface area contributed by atoms with Gasteiger partial charge < -0.3 is 20.1 Å². The van der Waals surface area contributed by atoms with Crippen molar-refractivity contribution in [1.82, 2.24) is 15.1 Å². The molecule has 1 aliphatic heterocycles. The molecule has 2 aromatic rings. The van der Waals surface area contributed by atoms with Crippen molar-refractivity contribution >= 4 is 5.96 Å². The molecule has 0 saturated carbocycles. The Bertz CT molecular complexity index is 771. The first-order valence-electron chi connectivity index (χ1n) is 9.77. The molecule has 0 amide bonds. The van der Waals surface area contributed by atoms with E-state index in [-0.39, 0.29) is 5.75 Å². The largest absolute Gasteiger partial charge is 0.508 e. The third kappa shape index (κ3) is 5.39. The van der Waals surface area contributed by atoms with Crippen LogP contribution in [0.4, 0.5) is 0 Å². The molecule has 28 heavy (non-hydrogen) atoms. The van der Waals surface area contributed by atoms with Gasteiger partial charge in [-0.2, -0.15) is 0 Å². The normalized spacial score (nSPS) is 15.5. The molecule has 1 saturated heterocycles. The Morgan fingerprint density at radius 2 is 1.86 bits per heavy atom. The van der Waals surface area contributed by atoms with E-state index in [4.69, 9.17) is 4.74 Å². The van der Waals surface area contributed by atoms with Crippen LogP contribution in [-0.4, -0.2) is 67.7 Å². The predicted octanol–water partition coefficient (Wildman–Crippen LogP) is 2.34. The Hall–Kier alpha value is -2.73. The van der Waals surface area contributed by atoms with Gasteiger partial charge in [-0.1, -0.05) is 36.4 Å². The minimum atomic E-state index is 0.269. The van der Waals surface area contributed by atoms with Gasteiger partial charge in [0.05, 0.1) is 7.11 Å². The summed E-state index contributed by atoms with van der Waals surface area (Å²) in [5, 5.41) is 13.5. The smallest absolute Gasteiger partial charge is 0.193 e. The van der Waals surface area contributed by atoms with E-state index in [1.807, 2.05) is 19.2 Å². The summed E-state index contributed by atoms with van der Waals surface area (Å²) in [6.07, 6.45) is 0.725. The molecule has 3 rings (SSSR count). The van der Waals surface area contributed by atoms with Crippen LogP contribution >= 0.6 is 0 Å². The summed E-state index contributed by atoms with van der Waals surface area (Å²) in [6, 6.07) is 16.0. The van der Waals surface area contributed by atoms with Crippen molar-refractivity contribution in [2.24, 2.45) is 4.99 Å². The summed E-state index contributed by atoms with van der Waals surface area (Å²) < 4.78 is 5.13. The van der Waals surface area contributed by atoms with Crippen molar-refractivity contribution in [3.63, 3.8) is 0 Å². The Labute approximate surface area is 167 Å². The maximum absolute atomic E-state index is 10.1. The molecular weight excluding hydrogens is 352 g/mol. The molecule has 0 bridgehead atoms. The number of aliphatic imine (C=N–C) groups is 1. The van der Waals surface area contributed by atoms with Crippen LogP contribution in [0.25, 0.3) is 0 Å². The number of methoxy groups -OCH3 is 1. The highest BCUT2D eigenvalue weighted by molar-refractivity contribution is 5.80. The third-order valence-electron chi connectivity index (χ3n) is 5.10. The average molecular weight is 383 g/mol. The molecule has 0 aliphatic carbocycles. The molecule has 6 nitrogen and oxygen atoms in total. The second-order valence-electron chi connectivity index (χ2n) is 6.97. The SMILES string of the molecule is CN=C(NCCc1ccc(OC)cc1O)N1CCN(Cc2ccccc2)CC1. The minimum absolute atomic E-state index is 0.269. The van der Waals surface area contributed by atoms with Crippen molar-refractivity contribution in [3.05, 3.63) is 59.7 Å². The van der Waals surface area contributed by atoms with E-state index in [0.29, 0.717) is 5.75 Å². The molecular formula is C22H30N4O2. The molecule has 0 atom stereocenters. The van der Waals surface area contributed by atoms with Crippen molar-refractivity contribution in [1.29, 1.82) is 0 Å². The number of aromatic hydroxyl groups is 1. The van der Waals surface area contributed by atoms with Crippen molar-refractivity contribution in [2.75, 3.05) is 46.9 Å². The second kappa shape index (κ2) is 9.99. The van der Waals surface area contributed by atoms with Gasteiger partial charge in [0.1, 0.15) is 11.5 Å². The van der Waals surface area contributed by atoms with Gasteiger partial charge in [0.15, 0.2) is 5.96 Å². The zero-order valence-electron chi connectivity index (χ0n) is 16.8. The topological polar surface area (TPSA) is 60.3 Å². The van der Waals surface area contributed by atoms with E-state index in [0.717, 1.165) is 57.2 Å². The van der Waals surface area contributed by atoms with Crippen LogP contribution in [0, 0.1) is 0 Å². The Kier molecular flexibility index (Phi) is 7.14. The summed E-state index contributed by atoms with van der Waals surface area (Å²) in [7, 11) is 3.42. The van der Waals surface area contributed by atoms with E-state index in [2.05, 4.69) is 50.4 Å². The maximum Gasteiger partial charge on any atom is 0.193 e. The number of nitrogens with one attached hydrogen (secondary N) is 1. The van der Waals surface area contributed by atoms with Gasteiger partial charge in [-0.25, -0.2) is 0 Å². The van der Waals surface area contributed by atoms with Gasteiger partial charge in [0.25, 0.3) is 0 Å². The lowest BCUT2D eigenvalue weighted by Gasteiger charge is -2.36. The van der Waals surface area contributed by atoms with E-state index < -0.39 is 0 Å². The summed E-state index contributed by atoms with van der Waals surface area (Å²) in [5.74, 6) is 1.86. The summed E-state index contributed by atoms with van der Waals surface area (Å²) >= 11 is 0. The molecule has 2 N–H and O–H groups in total. The molecule has 150 valence electrons. The first kappa shape index (κ1) is 20.0. The molecule has 1 aliphatic rings. The maximum atomic E-state index is 10.1. The highest BCUT2D eigenvalue weighted by Gasteiger charge is 2.19. The highest BCUT2D eigenvalue weighted by atomic mass is 16.5. The van der Waals surface area contributed by atoms with Gasteiger partial charge in [-0.05, 0) is 23.6 Å². The number of guanidine groups is 1. The molecule has 0 unspecified atom stereocenters. The average Bonchev–Trinajstić information content (AvgIpc) is 2.73. The predicted molar refractivity (Wildman–Crippen MR) is 113 cm³/mol. The quantitative estimate of drug-likeness (QED) is 0.593. The Morgan fingerprint density at radius 1 is 1.11 bits per heavy atom. The Morgan fingerprint density at radius 3 is 2.50 bits per heavy atom. The summed E-state index contributed by atoms with van der Waals surface area (Å²) in [5.41, 5.74) is 2.26. The summed E-state index contributed by atoms with van der Waals surface area (Å²) in [6.45, 7) is 5.68. The molecule has 1 fully saturated rings. The molecule has 1 heterocycles. The van der Waals surface area contributed by atoms with Crippen LogP contribution in [0.5, 0.6) is 11.5 Å². The lowest BCUT2D eigenvalue weighted by molar-refractivity contribution is 0.172. The number of phenols is 1. The zero-order valence-corrected chi connectivity index (χ0v) is 16.8. The molecule has 6 heteroatoms. The number of ether oxygens (including phenoxy) is 1. The molecule has 0 aromatic heterocycles. The number of nitrogens with zero attached hydrogens (tertiary/aromatic N) is 3. The number of rotatable bonds is 6. The lowest BCUT2D eigenvalue weighted by atomic mass is 10.1. The lowest BCUT2D eigenvalue weighted by Crippen LogP contribution is -2.52. The first-order chi connectivity index (χ1) is 13.7. The number of benzene rings is 2. The molecule has 0 spiro atoms. The summed E-state index contributed by atoms with van der Waals surface area (Å²) in [4.78, 5) is 9.21. The zero-order chi connectivity index (χ0) is 19.8. The Balaban J connectivity index is 1.44. The van der Waals surface area contributed by atoms with Gasteiger partial charge in [0, 0.05) is 52.4 Å². The van der Waals surface area contributed by atoms with Crippen LogP contribution in [0.1, 0.15) is 11.1 Å². The van der Waals surface area contributed by atoms with Crippen molar-refractivity contribution in [2.45, 2.75) is 13.0 Å². The van der Waals surface area contributed by atoms with E-state index in [1.165, 1.54) is 5.56 Å². The third-order valence-corrected chi connectivity index (χ3v) is 5.10. The van der Waals surface area contributed by atoms with E-state index in [1.54, 1.807) is 13.2 Å². The second-order valence-corrected chi connectivity index (χ2v) is 6.97. The standard InChI is InChI=1S/C22H30N4O2/c1-23-22(24-11-10-19-8-9-20(28-2)16-21(19)27)26-14-12-25(13-15-26)17-18-6-4-3-5-7-18/h3-9,16,27H,10-15,17H2,1-2H3,(H,23,24). The fraction of sp³-hybridized carbons (Fsp3) is 0.409. The molecule has 2 aromatic carbocycles. The van der Waals surface area contributed by atoms with E-state index in [9.17, 15) is 5.11 Å². The van der Waals surface area contributed by atoms with Crippen LogP contribution < -0.4 is 10.1 Å². The fourth-order valence-corrected chi connectivity index (χ4v) is 3.48. The highest BCUT2D eigenvalue weighted by Crippen LogP contribution is 2.23. The number of piperazine rings is 1. The molecule has 0 radical (unpaired) electrons. The number of hydrogen-bond donors (Lipinski definition) is 2. The van der Waals surface area contributed by atoms with Gasteiger partial charge >= 0.3 is 0 Å². The van der Waals surface area contributed by atoms with E-state index >= 15 is 0 Å². The fourth-order valence-electron chi connectivity index (χ4n) is 3.48. The van der Waals surface area contributed by atoms with Crippen LogP contribution in [0.3, 0.4) is 0 Å². The first-order valence-corrected chi connectivity index (χ1v) is 9.77. The number of phenolic OH excluding ortho intramolecular Hbond substituents is 1. The van der Waals surface area contributed by atoms with Gasteiger partial charge in [0.2, 0.25) is 0 Å². The van der Waals surface area contributed by atoms with Gasteiger partial charge in [-0.15, -0.1) is 0 Å². The number of hydrogen-bond acceptors (Lipinski definition) is 4. The van der Waals surface area contributed by atoms with Crippen molar-refractivity contribution in [3.8, 4) is 11.5 Å². The van der Waals surface area contributed by atoms with Crippen LogP contribution in [-0.2, 0) is 13.0 Å². The van der Waals surface area contributed by atoms with Crippen LogP contribution in [0.15, 0.2) is 53.5 Å². The van der Waals surface area contributed by atoms with Gasteiger partial charge in [-0.3, -0.25) is 9.89 Å². The van der Waals surface area contributed by atoms with Crippen molar-refractivity contribution < 1.29 is 9.84 Å². The van der Waals surface area contributed by atoms with Crippen LogP contribution in [0.2, 0.25) is 0 Å². The minimum Gasteiger partial charge on any atom is -0.508 e. The monoisotopic (exact) mass is 382 g/mol.